The number of halogens is 1. The summed E-state index contributed by atoms with van der Waals surface area (Å²) in [5, 5.41) is 0.597. The smallest absolute Gasteiger partial charge is 0.261 e. The minimum Gasteiger partial charge on any atom is -0.478 e. The summed E-state index contributed by atoms with van der Waals surface area (Å²) < 4.78 is 16.5. The van der Waals surface area contributed by atoms with E-state index in [0.29, 0.717) is 46.5 Å². The van der Waals surface area contributed by atoms with Crippen LogP contribution in [0.2, 0.25) is 5.02 Å². The van der Waals surface area contributed by atoms with Crippen LogP contribution >= 0.6 is 11.6 Å². The highest BCUT2D eigenvalue weighted by Gasteiger charge is 2.33. The summed E-state index contributed by atoms with van der Waals surface area (Å²) in [4.78, 5) is 20.5. The first-order chi connectivity index (χ1) is 13.4. The van der Waals surface area contributed by atoms with Crippen LogP contribution in [-0.2, 0) is 9.53 Å². The van der Waals surface area contributed by atoms with Crippen LogP contribution in [0.3, 0.4) is 0 Å². The Balaban J connectivity index is 1.72. The number of nitrogens with two attached hydrogens (primary N) is 1. The SMILES string of the molecule is COCCC(C)(Oc1ccc(Oc2cnc3cc(Cl)ccc3n2)cc1)C(N)=O. The molecule has 2 N–H and O–H groups in total. The van der Waals surface area contributed by atoms with Crippen molar-refractivity contribution in [2.45, 2.75) is 18.9 Å². The van der Waals surface area contributed by atoms with Crippen LogP contribution in [0.5, 0.6) is 17.4 Å². The van der Waals surface area contributed by atoms with Gasteiger partial charge in [-0.25, -0.2) is 9.97 Å². The summed E-state index contributed by atoms with van der Waals surface area (Å²) in [6, 6.07) is 12.1. The van der Waals surface area contributed by atoms with Gasteiger partial charge in [-0.15, -0.1) is 0 Å². The van der Waals surface area contributed by atoms with Crippen molar-refractivity contribution in [2.75, 3.05) is 13.7 Å². The molecule has 8 heteroatoms. The van der Waals surface area contributed by atoms with Crippen LogP contribution in [0, 0.1) is 0 Å². The first-order valence-corrected chi connectivity index (χ1v) is 8.95. The minimum absolute atomic E-state index is 0.341. The zero-order valence-electron chi connectivity index (χ0n) is 15.5. The Morgan fingerprint density at radius 1 is 1.14 bits per heavy atom. The van der Waals surface area contributed by atoms with E-state index in [-0.39, 0.29) is 0 Å². The van der Waals surface area contributed by atoms with Crippen LogP contribution in [0.15, 0.2) is 48.7 Å². The third-order valence-corrected chi connectivity index (χ3v) is 4.41. The van der Waals surface area contributed by atoms with Gasteiger partial charge in [0, 0.05) is 18.6 Å². The average molecular weight is 402 g/mol. The number of amides is 1. The van der Waals surface area contributed by atoms with Crippen molar-refractivity contribution in [1.29, 1.82) is 0 Å². The van der Waals surface area contributed by atoms with Gasteiger partial charge in [-0.3, -0.25) is 4.79 Å². The van der Waals surface area contributed by atoms with Gasteiger partial charge < -0.3 is 19.9 Å². The molecule has 0 aliphatic carbocycles. The average Bonchev–Trinajstić information content (AvgIpc) is 2.68. The molecule has 0 fully saturated rings. The zero-order chi connectivity index (χ0) is 20.1. The molecule has 0 saturated carbocycles. The zero-order valence-corrected chi connectivity index (χ0v) is 16.3. The molecule has 0 aliphatic rings. The number of carbonyl (C=O) groups excluding carboxylic acids is 1. The Morgan fingerprint density at radius 3 is 2.54 bits per heavy atom. The number of hydrogen-bond donors (Lipinski definition) is 1. The van der Waals surface area contributed by atoms with E-state index in [9.17, 15) is 4.79 Å². The summed E-state index contributed by atoms with van der Waals surface area (Å²) in [7, 11) is 1.55. The lowest BCUT2D eigenvalue weighted by atomic mass is 10.0. The fourth-order valence-electron chi connectivity index (χ4n) is 2.49. The lowest BCUT2D eigenvalue weighted by Crippen LogP contribution is -2.47. The molecule has 1 atom stereocenters. The van der Waals surface area contributed by atoms with Crippen molar-refractivity contribution in [3.8, 4) is 17.4 Å². The van der Waals surface area contributed by atoms with Gasteiger partial charge in [0.15, 0.2) is 5.60 Å². The molecule has 1 amide bonds. The van der Waals surface area contributed by atoms with E-state index in [1.54, 1.807) is 56.5 Å². The number of aromatic nitrogens is 2. The number of hydrogen-bond acceptors (Lipinski definition) is 6. The van der Waals surface area contributed by atoms with Gasteiger partial charge >= 0.3 is 0 Å². The molecule has 0 radical (unpaired) electrons. The van der Waals surface area contributed by atoms with Crippen LogP contribution < -0.4 is 15.2 Å². The highest BCUT2D eigenvalue weighted by molar-refractivity contribution is 6.31. The summed E-state index contributed by atoms with van der Waals surface area (Å²) in [5.41, 5.74) is 5.68. The number of primary amides is 1. The van der Waals surface area contributed by atoms with E-state index < -0.39 is 11.5 Å². The number of rotatable bonds is 8. The van der Waals surface area contributed by atoms with Crippen LogP contribution in [0.4, 0.5) is 0 Å². The molecule has 1 heterocycles. The first-order valence-electron chi connectivity index (χ1n) is 8.58. The summed E-state index contributed by atoms with van der Waals surface area (Å²) in [5.74, 6) is 0.832. The van der Waals surface area contributed by atoms with Gasteiger partial charge in [0.05, 0.1) is 23.8 Å². The summed E-state index contributed by atoms with van der Waals surface area (Å²) in [6.45, 7) is 1.99. The molecule has 0 spiro atoms. The van der Waals surface area contributed by atoms with E-state index in [4.69, 9.17) is 31.5 Å². The molecule has 2 aromatic carbocycles. The van der Waals surface area contributed by atoms with Gasteiger partial charge in [-0.1, -0.05) is 11.6 Å². The fraction of sp³-hybridized carbons (Fsp3) is 0.250. The van der Waals surface area contributed by atoms with Gasteiger partial charge in [-0.2, -0.15) is 0 Å². The van der Waals surface area contributed by atoms with E-state index >= 15 is 0 Å². The number of benzene rings is 2. The molecule has 146 valence electrons. The molecule has 28 heavy (non-hydrogen) atoms. The molecular weight excluding hydrogens is 382 g/mol. The van der Waals surface area contributed by atoms with Crippen molar-refractivity contribution in [1.82, 2.24) is 9.97 Å². The van der Waals surface area contributed by atoms with Gasteiger partial charge in [0.2, 0.25) is 5.88 Å². The lowest BCUT2D eigenvalue weighted by Gasteiger charge is -2.27. The third-order valence-electron chi connectivity index (χ3n) is 4.18. The number of nitrogens with zero attached hydrogens (tertiary/aromatic N) is 2. The Morgan fingerprint density at radius 2 is 1.86 bits per heavy atom. The van der Waals surface area contributed by atoms with Crippen LogP contribution in [-0.4, -0.2) is 35.2 Å². The molecule has 3 aromatic rings. The lowest BCUT2D eigenvalue weighted by molar-refractivity contribution is -0.133. The van der Waals surface area contributed by atoms with Gasteiger partial charge in [0.1, 0.15) is 11.5 Å². The number of fused-ring (bicyclic) bond motifs is 1. The van der Waals surface area contributed by atoms with E-state index in [0.717, 1.165) is 0 Å². The predicted molar refractivity (Wildman–Crippen MR) is 106 cm³/mol. The molecule has 7 nitrogen and oxygen atoms in total. The van der Waals surface area contributed by atoms with Crippen molar-refractivity contribution >= 4 is 28.5 Å². The second-order valence-corrected chi connectivity index (χ2v) is 6.79. The Bertz CT molecular complexity index is 981. The molecule has 1 aromatic heterocycles. The van der Waals surface area contributed by atoms with E-state index in [2.05, 4.69) is 9.97 Å². The van der Waals surface area contributed by atoms with Crippen molar-refractivity contribution in [3.05, 3.63) is 53.7 Å². The molecule has 0 bridgehead atoms. The standard InChI is InChI=1S/C20H20ClN3O4/c1-20(19(22)25,9-10-26-2)28-15-6-4-14(5-7-15)27-18-12-23-17-11-13(21)3-8-16(17)24-18/h3-8,11-12H,9-10H2,1-2H3,(H2,22,25). The van der Waals surface area contributed by atoms with Crippen LogP contribution in [0.25, 0.3) is 11.0 Å². The molecular formula is C20H20ClN3O4. The highest BCUT2D eigenvalue weighted by Crippen LogP contribution is 2.27. The minimum atomic E-state index is -1.16. The van der Waals surface area contributed by atoms with Gasteiger partial charge in [-0.05, 0) is 49.4 Å². The molecule has 0 aliphatic heterocycles. The maximum absolute atomic E-state index is 11.8. The molecule has 0 saturated heterocycles. The third kappa shape index (κ3) is 4.68. The van der Waals surface area contributed by atoms with E-state index in [1.807, 2.05) is 0 Å². The predicted octanol–water partition coefficient (Wildman–Crippen LogP) is 3.73. The van der Waals surface area contributed by atoms with Crippen molar-refractivity contribution < 1.29 is 19.0 Å². The summed E-state index contributed by atoms with van der Waals surface area (Å²) in [6.07, 6.45) is 1.87. The number of methoxy groups -OCH3 is 1. The van der Waals surface area contributed by atoms with Gasteiger partial charge in [0.25, 0.3) is 5.91 Å². The largest absolute Gasteiger partial charge is 0.478 e. The fourth-order valence-corrected chi connectivity index (χ4v) is 2.66. The number of ether oxygens (including phenoxy) is 3. The van der Waals surface area contributed by atoms with Crippen LogP contribution in [0.1, 0.15) is 13.3 Å². The monoisotopic (exact) mass is 401 g/mol. The normalized spacial score (nSPS) is 13.1. The quantitative estimate of drug-likeness (QED) is 0.617. The highest BCUT2D eigenvalue weighted by atomic mass is 35.5. The first kappa shape index (κ1) is 19.9. The second kappa shape index (κ2) is 8.41. The topological polar surface area (TPSA) is 96.6 Å². The van der Waals surface area contributed by atoms with E-state index in [1.165, 1.54) is 6.20 Å². The molecule has 3 rings (SSSR count). The maximum Gasteiger partial charge on any atom is 0.261 e. The molecule has 1 unspecified atom stereocenters. The second-order valence-electron chi connectivity index (χ2n) is 6.35. The Hall–Kier alpha value is -2.90. The Labute approximate surface area is 167 Å². The summed E-state index contributed by atoms with van der Waals surface area (Å²) >= 11 is 5.95. The van der Waals surface area contributed by atoms with Crippen molar-refractivity contribution in [2.24, 2.45) is 5.73 Å². The Kier molecular flexibility index (Phi) is 5.96. The number of carbonyl (C=O) groups is 1. The maximum atomic E-state index is 11.8. The van der Waals surface area contributed by atoms with Crippen molar-refractivity contribution in [3.63, 3.8) is 0 Å².